The molecule has 0 aliphatic heterocycles. The van der Waals surface area contributed by atoms with E-state index >= 15 is 0 Å². The number of benzene rings is 1. The van der Waals surface area contributed by atoms with Crippen LogP contribution < -0.4 is 10.6 Å². The van der Waals surface area contributed by atoms with Crippen LogP contribution in [0.4, 0.5) is 11.4 Å². The summed E-state index contributed by atoms with van der Waals surface area (Å²) in [5, 5.41) is 5.93. The molecule has 0 aromatic heterocycles. The van der Waals surface area contributed by atoms with Gasteiger partial charge in [-0.3, -0.25) is 9.59 Å². The second-order valence-corrected chi connectivity index (χ2v) is 6.04. The summed E-state index contributed by atoms with van der Waals surface area (Å²) in [6, 6.07) is 5.10. The molecular weight excluding hydrogens is 288 g/mol. The fourth-order valence-electron chi connectivity index (χ4n) is 2.75. The molecule has 1 saturated carbocycles. The molecule has 1 aliphatic carbocycles. The standard InChI is InChI=1S/C16H21ClN2O2/c1-11(20)18-15-8-7-13(10-14(15)17)19-16(21)9-12-5-3-2-4-6-12/h7-8,10,12H,2-6,9H2,1H3,(H,18,20)(H,19,21). The number of carbonyl (C=O) groups excluding carboxylic acids is 2. The summed E-state index contributed by atoms with van der Waals surface area (Å²) in [4.78, 5) is 23.0. The Morgan fingerprint density at radius 2 is 1.90 bits per heavy atom. The van der Waals surface area contributed by atoms with E-state index in [9.17, 15) is 9.59 Å². The predicted molar refractivity (Wildman–Crippen MR) is 85.6 cm³/mol. The Morgan fingerprint density at radius 3 is 2.52 bits per heavy atom. The molecule has 1 aliphatic rings. The van der Waals surface area contributed by atoms with Gasteiger partial charge in [0.1, 0.15) is 0 Å². The molecule has 0 bridgehead atoms. The number of rotatable bonds is 4. The molecule has 4 nitrogen and oxygen atoms in total. The van der Waals surface area contributed by atoms with Crippen LogP contribution in [-0.4, -0.2) is 11.8 Å². The molecule has 2 N–H and O–H groups in total. The van der Waals surface area contributed by atoms with Crippen LogP contribution in [0.2, 0.25) is 5.02 Å². The van der Waals surface area contributed by atoms with Gasteiger partial charge in [0.2, 0.25) is 11.8 Å². The first-order chi connectivity index (χ1) is 10.0. The molecule has 0 unspecified atom stereocenters. The monoisotopic (exact) mass is 308 g/mol. The lowest BCUT2D eigenvalue weighted by molar-refractivity contribution is -0.117. The second kappa shape index (κ2) is 7.46. The van der Waals surface area contributed by atoms with Gasteiger partial charge >= 0.3 is 0 Å². The third-order valence-corrected chi connectivity index (χ3v) is 4.08. The highest BCUT2D eigenvalue weighted by atomic mass is 35.5. The van der Waals surface area contributed by atoms with Crippen LogP contribution in [0, 0.1) is 5.92 Å². The van der Waals surface area contributed by atoms with E-state index in [1.807, 2.05) is 0 Å². The summed E-state index contributed by atoms with van der Waals surface area (Å²) in [6.45, 7) is 1.43. The van der Waals surface area contributed by atoms with Crippen molar-refractivity contribution in [1.82, 2.24) is 0 Å². The minimum Gasteiger partial charge on any atom is -0.326 e. The van der Waals surface area contributed by atoms with Gasteiger partial charge in [0, 0.05) is 19.0 Å². The van der Waals surface area contributed by atoms with Gasteiger partial charge in [-0.05, 0) is 37.0 Å². The Morgan fingerprint density at radius 1 is 1.19 bits per heavy atom. The van der Waals surface area contributed by atoms with E-state index in [0.29, 0.717) is 28.7 Å². The van der Waals surface area contributed by atoms with Gasteiger partial charge in [-0.15, -0.1) is 0 Å². The Kier molecular flexibility index (Phi) is 5.62. The second-order valence-electron chi connectivity index (χ2n) is 5.63. The van der Waals surface area contributed by atoms with E-state index in [4.69, 9.17) is 11.6 Å². The predicted octanol–water partition coefficient (Wildman–Crippen LogP) is 4.21. The van der Waals surface area contributed by atoms with Crippen molar-refractivity contribution in [1.29, 1.82) is 0 Å². The highest BCUT2D eigenvalue weighted by Gasteiger charge is 2.17. The summed E-state index contributed by atoms with van der Waals surface area (Å²) in [5.74, 6) is 0.365. The zero-order valence-electron chi connectivity index (χ0n) is 12.2. The van der Waals surface area contributed by atoms with E-state index in [1.54, 1.807) is 18.2 Å². The fourth-order valence-corrected chi connectivity index (χ4v) is 2.98. The third-order valence-electron chi connectivity index (χ3n) is 3.76. The van der Waals surface area contributed by atoms with Crippen LogP contribution in [-0.2, 0) is 9.59 Å². The summed E-state index contributed by atoms with van der Waals surface area (Å²) in [6.07, 6.45) is 6.62. The average molecular weight is 309 g/mol. The Labute approximate surface area is 130 Å². The van der Waals surface area contributed by atoms with E-state index in [0.717, 1.165) is 12.8 Å². The average Bonchev–Trinajstić information content (AvgIpc) is 2.42. The van der Waals surface area contributed by atoms with Crippen LogP contribution in [0.15, 0.2) is 18.2 Å². The fraction of sp³-hybridized carbons (Fsp3) is 0.500. The topological polar surface area (TPSA) is 58.2 Å². The lowest BCUT2D eigenvalue weighted by Gasteiger charge is -2.20. The molecular formula is C16H21ClN2O2. The van der Waals surface area contributed by atoms with Crippen molar-refractivity contribution < 1.29 is 9.59 Å². The van der Waals surface area contributed by atoms with E-state index in [2.05, 4.69) is 10.6 Å². The zero-order valence-corrected chi connectivity index (χ0v) is 13.0. The van der Waals surface area contributed by atoms with Crippen molar-refractivity contribution in [2.45, 2.75) is 45.4 Å². The zero-order chi connectivity index (χ0) is 15.2. The molecule has 1 fully saturated rings. The summed E-state index contributed by atoms with van der Waals surface area (Å²) < 4.78 is 0. The Balaban J connectivity index is 1.91. The van der Waals surface area contributed by atoms with Crippen LogP contribution in [0.3, 0.4) is 0 Å². The van der Waals surface area contributed by atoms with E-state index < -0.39 is 0 Å². The van der Waals surface area contributed by atoms with Gasteiger partial charge in [-0.25, -0.2) is 0 Å². The van der Waals surface area contributed by atoms with E-state index in [1.165, 1.54) is 26.2 Å². The summed E-state index contributed by atoms with van der Waals surface area (Å²) in [5.41, 5.74) is 1.21. The first-order valence-electron chi connectivity index (χ1n) is 7.41. The number of hydrogen-bond acceptors (Lipinski definition) is 2. The smallest absolute Gasteiger partial charge is 0.224 e. The molecule has 0 heterocycles. The molecule has 0 saturated heterocycles. The normalized spacial score (nSPS) is 15.5. The van der Waals surface area contributed by atoms with Crippen LogP contribution in [0.5, 0.6) is 0 Å². The number of amides is 2. The Hall–Kier alpha value is -1.55. The molecule has 2 amide bonds. The van der Waals surface area contributed by atoms with E-state index in [-0.39, 0.29) is 11.8 Å². The third kappa shape index (κ3) is 5.05. The van der Waals surface area contributed by atoms with Gasteiger partial charge in [0.05, 0.1) is 10.7 Å². The highest BCUT2D eigenvalue weighted by Crippen LogP contribution is 2.28. The SMILES string of the molecule is CC(=O)Nc1ccc(NC(=O)CC2CCCCC2)cc1Cl. The maximum Gasteiger partial charge on any atom is 0.224 e. The lowest BCUT2D eigenvalue weighted by atomic mass is 9.87. The van der Waals surface area contributed by atoms with Crippen LogP contribution in [0.25, 0.3) is 0 Å². The van der Waals surface area contributed by atoms with Crippen molar-refractivity contribution >= 4 is 34.8 Å². The summed E-state index contributed by atoms with van der Waals surface area (Å²) in [7, 11) is 0. The molecule has 0 spiro atoms. The lowest BCUT2D eigenvalue weighted by Crippen LogP contribution is -2.18. The number of nitrogens with one attached hydrogen (secondary N) is 2. The number of carbonyl (C=O) groups is 2. The maximum atomic E-state index is 12.0. The van der Waals surface area contributed by atoms with Crippen LogP contribution in [0.1, 0.15) is 45.4 Å². The van der Waals surface area contributed by atoms with Gasteiger partial charge in [-0.1, -0.05) is 30.9 Å². The van der Waals surface area contributed by atoms with Crippen molar-refractivity contribution in [3.63, 3.8) is 0 Å². The summed E-state index contributed by atoms with van der Waals surface area (Å²) >= 11 is 6.08. The minimum absolute atomic E-state index is 0.0326. The molecule has 0 atom stereocenters. The minimum atomic E-state index is -0.175. The molecule has 21 heavy (non-hydrogen) atoms. The quantitative estimate of drug-likeness (QED) is 0.875. The van der Waals surface area contributed by atoms with Gasteiger partial charge < -0.3 is 10.6 Å². The van der Waals surface area contributed by atoms with Crippen molar-refractivity contribution in [3.05, 3.63) is 23.2 Å². The highest BCUT2D eigenvalue weighted by molar-refractivity contribution is 6.34. The van der Waals surface area contributed by atoms with Crippen molar-refractivity contribution in [3.8, 4) is 0 Å². The van der Waals surface area contributed by atoms with Crippen molar-refractivity contribution in [2.75, 3.05) is 10.6 Å². The van der Waals surface area contributed by atoms with Gasteiger partial charge in [0.25, 0.3) is 0 Å². The molecule has 114 valence electrons. The van der Waals surface area contributed by atoms with Crippen LogP contribution >= 0.6 is 11.6 Å². The Bertz CT molecular complexity index is 525. The number of anilines is 2. The molecule has 0 radical (unpaired) electrons. The van der Waals surface area contributed by atoms with Gasteiger partial charge in [0.15, 0.2) is 0 Å². The molecule has 1 aromatic carbocycles. The number of hydrogen-bond donors (Lipinski definition) is 2. The molecule has 2 rings (SSSR count). The number of halogens is 1. The largest absolute Gasteiger partial charge is 0.326 e. The maximum absolute atomic E-state index is 12.0. The first kappa shape index (κ1) is 15.8. The first-order valence-corrected chi connectivity index (χ1v) is 7.79. The molecule has 5 heteroatoms. The van der Waals surface area contributed by atoms with Crippen molar-refractivity contribution in [2.24, 2.45) is 5.92 Å². The van der Waals surface area contributed by atoms with Gasteiger partial charge in [-0.2, -0.15) is 0 Å². The molecule has 1 aromatic rings.